The molecular weight excluding hydrogens is 462 g/mol. The molecule has 0 saturated carbocycles. The number of nitrogens with one attached hydrogen (secondary N) is 2. The van der Waals surface area contributed by atoms with Gasteiger partial charge in [0, 0.05) is 35.9 Å². The summed E-state index contributed by atoms with van der Waals surface area (Å²) in [4.78, 5) is 15.2. The molecule has 3 aromatic rings. The van der Waals surface area contributed by atoms with Crippen molar-refractivity contribution in [2.45, 2.75) is 51.6 Å². The van der Waals surface area contributed by atoms with Crippen molar-refractivity contribution in [3.63, 3.8) is 0 Å². The predicted octanol–water partition coefficient (Wildman–Crippen LogP) is 3.48. The summed E-state index contributed by atoms with van der Waals surface area (Å²) < 4.78 is 28.2. The van der Waals surface area contributed by atoms with E-state index in [2.05, 4.69) is 22.3 Å². The van der Waals surface area contributed by atoms with Crippen molar-refractivity contribution in [3.05, 3.63) is 65.4 Å². The number of carbonyl (C=O) groups is 1. The van der Waals surface area contributed by atoms with Gasteiger partial charge in [-0.15, -0.1) is 0 Å². The number of benzene rings is 2. The van der Waals surface area contributed by atoms with Crippen LogP contribution in [0.15, 0.2) is 48.5 Å². The summed E-state index contributed by atoms with van der Waals surface area (Å²) >= 11 is 0. The SMILES string of the molecule is CCn1c(CC[C@@H]2CCCN2C(=O)Cc2ccccc2NS(C)(=O)=O)cc2ccc(C(=N)N)cc21. The molecule has 1 aliphatic heterocycles. The van der Waals surface area contributed by atoms with Crippen LogP contribution >= 0.6 is 0 Å². The third-order valence-electron chi connectivity index (χ3n) is 6.70. The zero-order chi connectivity index (χ0) is 25.2. The van der Waals surface area contributed by atoms with Crippen LogP contribution in [0, 0.1) is 5.41 Å². The number of amidine groups is 1. The summed E-state index contributed by atoms with van der Waals surface area (Å²) in [6.45, 7) is 3.65. The molecule has 35 heavy (non-hydrogen) atoms. The number of rotatable bonds is 9. The highest BCUT2D eigenvalue weighted by molar-refractivity contribution is 7.92. The van der Waals surface area contributed by atoms with E-state index < -0.39 is 10.0 Å². The minimum Gasteiger partial charge on any atom is -0.384 e. The van der Waals surface area contributed by atoms with Gasteiger partial charge in [-0.25, -0.2) is 8.42 Å². The van der Waals surface area contributed by atoms with E-state index in [1.807, 2.05) is 29.2 Å². The van der Waals surface area contributed by atoms with Crippen LogP contribution in [0.1, 0.15) is 43.0 Å². The van der Waals surface area contributed by atoms with E-state index in [1.54, 1.807) is 18.2 Å². The molecule has 2 aromatic carbocycles. The molecule has 4 rings (SSSR count). The van der Waals surface area contributed by atoms with Crippen molar-refractivity contribution >= 4 is 38.4 Å². The quantitative estimate of drug-likeness (QED) is 0.311. The first kappa shape index (κ1) is 24.8. The highest BCUT2D eigenvalue weighted by Crippen LogP contribution is 2.27. The number of hydrogen-bond acceptors (Lipinski definition) is 4. The van der Waals surface area contributed by atoms with Gasteiger partial charge < -0.3 is 15.2 Å². The Hall–Kier alpha value is -3.33. The molecule has 8 nitrogen and oxygen atoms in total. The first-order valence-corrected chi connectivity index (χ1v) is 13.9. The summed E-state index contributed by atoms with van der Waals surface area (Å²) in [7, 11) is -3.43. The molecule has 9 heteroatoms. The van der Waals surface area contributed by atoms with Gasteiger partial charge in [0.1, 0.15) is 5.84 Å². The molecule has 2 heterocycles. The molecule has 4 N–H and O–H groups in total. The molecule has 0 spiro atoms. The van der Waals surface area contributed by atoms with E-state index in [0.29, 0.717) is 11.3 Å². The van der Waals surface area contributed by atoms with Gasteiger partial charge in [0.25, 0.3) is 0 Å². The molecule has 1 aromatic heterocycles. The molecule has 0 bridgehead atoms. The van der Waals surface area contributed by atoms with Crippen molar-refractivity contribution in [1.29, 1.82) is 5.41 Å². The largest absolute Gasteiger partial charge is 0.384 e. The van der Waals surface area contributed by atoms with Gasteiger partial charge in [0.2, 0.25) is 15.9 Å². The topological polar surface area (TPSA) is 121 Å². The number of para-hydroxylation sites is 1. The van der Waals surface area contributed by atoms with Crippen LogP contribution in [0.3, 0.4) is 0 Å². The second-order valence-corrected chi connectivity index (χ2v) is 10.9. The van der Waals surface area contributed by atoms with Crippen molar-refractivity contribution in [2.75, 3.05) is 17.5 Å². The lowest BCUT2D eigenvalue weighted by Gasteiger charge is -2.25. The smallest absolute Gasteiger partial charge is 0.229 e. The van der Waals surface area contributed by atoms with E-state index >= 15 is 0 Å². The van der Waals surface area contributed by atoms with Crippen LogP contribution in [-0.2, 0) is 34.2 Å². The Morgan fingerprint density at radius 2 is 1.97 bits per heavy atom. The summed E-state index contributed by atoms with van der Waals surface area (Å²) in [6.07, 6.45) is 4.93. The van der Waals surface area contributed by atoms with Crippen LogP contribution < -0.4 is 10.5 Å². The van der Waals surface area contributed by atoms with E-state index in [1.165, 1.54) is 5.69 Å². The summed E-state index contributed by atoms with van der Waals surface area (Å²) in [5, 5.41) is 8.86. The fourth-order valence-corrected chi connectivity index (χ4v) is 5.68. The van der Waals surface area contributed by atoms with Crippen LogP contribution in [0.25, 0.3) is 10.9 Å². The molecule has 1 amide bonds. The molecule has 0 unspecified atom stereocenters. The van der Waals surface area contributed by atoms with Gasteiger partial charge >= 0.3 is 0 Å². The Bertz CT molecular complexity index is 1360. The van der Waals surface area contributed by atoms with Gasteiger partial charge in [0.05, 0.1) is 18.4 Å². The Morgan fingerprint density at radius 3 is 2.69 bits per heavy atom. The van der Waals surface area contributed by atoms with Gasteiger partial charge in [-0.2, -0.15) is 0 Å². The van der Waals surface area contributed by atoms with Gasteiger partial charge in [-0.1, -0.05) is 30.3 Å². The average molecular weight is 496 g/mol. The number of nitrogens with zero attached hydrogens (tertiary/aromatic N) is 2. The minimum absolute atomic E-state index is 0.0254. The maximum atomic E-state index is 13.2. The number of aryl methyl sites for hydroxylation is 2. The maximum absolute atomic E-state index is 13.2. The molecule has 1 fully saturated rings. The Labute approximate surface area is 206 Å². The normalized spacial score (nSPS) is 16.1. The van der Waals surface area contributed by atoms with Crippen molar-refractivity contribution in [1.82, 2.24) is 9.47 Å². The van der Waals surface area contributed by atoms with Crippen LogP contribution in [0.5, 0.6) is 0 Å². The van der Waals surface area contributed by atoms with Crippen LogP contribution in [0.2, 0.25) is 0 Å². The van der Waals surface area contributed by atoms with Crippen molar-refractivity contribution in [3.8, 4) is 0 Å². The van der Waals surface area contributed by atoms with E-state index in [4.69, 9.17) is 11.1 Å². The number of amides is 1. The molecule has 186 valence electrons. The first-order valence-electron chi connectivity index (χ1n) is 12.0. The van der Waals surface area contributed by atoms with Crippen LogP contribution in [0.4, 0.5) is 5.69 Å². The minimum atomic E-state index is -3.43. The molecule has 0 aliphatic carbocycles. The monoisotopic (exact) mass is 495 g/mol. The summed E-state index contributed by atoms with van der Waals surface area (Å²) in [6, 6.07) is 15.3. The lowest BCUT2D eigenvalue weighted by atomic mass is 10.1. The number of carbonyl (C=O) groups excluding carboxylic acids is 1. The number of fused-ring (bicyclic) bond motifs is 1. The van der Waals surface area contributed by atoms with Gasteiger partial charge in [-0.3, -0.25) is 14.9 Å². The Kier molecular flexibility index (Phi) is 7.16. The number of aromatic nitrogens is 1. The third kappa shape index (κ3) is 5.67. The lowest BCUT2D eigenvalue weighted by molar-refractivity contribution is -0.131. The van der Waals surface area contributed by atoms with Crippen LogP contribution in [-0.4, -0.2) is 48.5 Å². The molecule has 1 saturated heterocycles. The number of sulfonamides is 1. The number of nitrogens with two attached hydrogens (primary N) is 1. The van der Waals surface area contributed by atoms with E-state index in [0.717, 1.165) is 61.5 Å². The fraction of sp³-hybridized carbons (Fsp3) is 0.385. The van der Waals surface area contributed by atoms with Crippen molar-refractivity contribution in [2.24, 2.45) is 5.73 Å². The molecule has 1 aliphatic rings. The maximum Gasteiger partial charge on any atom is 0.229 e. The first-order chi connectivity index (χ1) is 16.7. The van der Waals surface area contributed by atoms with Crippen molar-refractivity contribution < 1.29 is 13.2 Å². The van der Waals surface area contributed by atoms with E-state index in [9.17, 15) is 13.2 Å². The zero-order valence-corrected chi connectivity index (χ0v) is 21.1. The molecule has 0 radical (unpaired) electrons. The van der Waals surface area contributed by atoms with Gasteiger partial charge in [0.15, 0.2) is 0 Å². The zero-order valence-electron chi connectivity index (χ0n) is 20.3. The number of anilines is 1. The lowest BCUT2D eigenvalue weighted by Crippen LogP contribution is -2.37. The average Bonchev–Trinajstić information content (AvgIpc) is 3.41. The second-order valence-electron chi connectivity index (χ2n) is 9.20. The summed E-state index contributed by atoms with van der Waals surface area (Å²) in [5.74, 6) is 0.0862. The highest BCUT2D eigenvalue weighted by atomic mass is 32.2. The third-order valence-corrected chi connectivity index (χ3v) is 7.29. The number of hydrogen-bond donors (Lipinski definition) is 3. The number of nitrogen functional groups attached to an aromatic ring is 1. The van der Waals surface area contributed by atoms with Gasteiger partial charge in [-0.05, 0) is 61.8 Å². The molecular formula is C26H33N5O3S. The summed E-state index contributed by atoms with van der Waals surface area (Å²) in [5.41, 5.74) is 9.83. The second kappa shape index (κ2) is 10.1. The Balaban J connectivity index is 1.47. The Morgan fingerprint density at radius 1 is 1.20 bits per heavy atom. The highest BCUT2D eigenvalue weighted by Gasteiger charge is 2.29. The predicted molar refractivity (Wildman–Crippen MR) is 140 cm³/mol. The standard InChI is InChI=1S/C26H33N5O3S/c1-3-30-22(15-19-10-11-20(26(27)28)16-24(19)30)13-12-21-8-6-14-31(21)25(32)17-18-7-4-5-9-23(18)29-35(2,33)34/h4-5,7,9-11,15-16,21,29H,3,6,8,12-14,17H2,1-2H3,(H3,27,28)/t21-/m0/s1. The molecule has 1 atom stereocenters. The number of likely N-dealkylation sites (tertiary alicyclic amines) is 1. The van der Waals surface area contributed by atoms with E-state index in [-0.39, 0.29) is 24.2 Å². The fourth-order valence-electron chi connectivity index (χ4n) is 5.08.